The average Bonchev–Trinajstić information content (AvgIpc) is 3.23. The van der Waals surface area contributed by atoms with Crippen molar-refractivity contribution in [2.45, 2.75) is 12.7 Å². The van der Waals surface area contributed by atoms with Gasteiger partial charge in [-0.2, -0.15) is 13.2 Å². The van der Waals surface area contributed by atoms with Crippen LogP contribution in [0.3, 0.4) is 0 Å². The molecule has 9 nitrogen and oxygen atoms in total. The number of imidazole rings is 1. The van der Waals surface area contributed by atoms with E-state index in [1.165, 1.54) is 12.0 Å². The number of anilines is 2. The zero-order valence-corrected chi connectivity index (χ0v) is 17.7. The van der Waals surface area contributed by atoms with E-state index in [0.29, 0.717) is 38.2 Å². The molecule has 0 unspecified atom stereocenters. The predicted molar refractivity (Wildman–Crippen MR) is 113 cm³/mol. The van der Waals surface area contributed by atoms with E-state index in [1.54, 1.807) is 35.2 Å². The first-order valence-corrected chi connectivity index (χ1v) is 10.1. The molecule has 1 saturated heterocycles. The molecular weight excluding hydrogens is 443 g/mol. The second-order valence-corrected chi connectivity index (χ2v) is 7.46. The largest absolute Gasteiger partial charge is 0.497 e. The number of rotatable bonds is 7. The first-order chi connectivity index (χ1) is 15.8. The number of aromatic nitrogens is 3. The number of nitrogens with zero attached hydrogens (tertiary/aromatic N) is 5. The molecular formula is C21H22F3N5O4. The number of aliphatic carboxylic acids is 1. The molecule has 0 aliphatic carbocycles. The molecule has 0 amide bonds. The second kappa shape index (κ2) is 9.14. The topological polar surface area (TPSA) is 92.4 Å². The zero-order chi connectivity index (χ0) is 23.6. The Morgan fingerprint density at radius 3 is 2.55 bits per heavy atom. The van der Waals surface area contributed by atoms with Crippen molar-refractivity contribution in [3.8, 4) is 5.75 Å². The molecule has 1 fully saturated rings. The highest BCUT2D eigenvalue weighted by molar-refractivity contribution is 5.79. The van der Waals surface area contributed by atoms with Crippen molar-refractivity contribution in [3.63, 3.8) is 0 Å². The summed E-state index contributed by atoms with van der Waals surface area (Å²) >= 11 is 0. The van der Waals surface area contributed by atoms with Gasteiger partial charge in [0.05, 0.1) is 32.2 Å². The van der Waals surface area contributed by atoms with Gasteiger partial charge in [0.15, 0.2) is 17.2 Å². The third kappa shape index (κ3) is 4.95. The van der Waals surface area contributed by atoms with Gasteiger partial charge in [-0.15, -0.1) is 5.10 Å². The number of benzene rings is 1. The van der Waals surface area contributed by atoms with Crippen LogP contribution in [-0.2, 0) is 22.3 Å². The third-order valence-electron chi connectivity index (χ3n) is 5.26. The fraction of sp³-hybridized carbons (Fsp3) is 0.381. The summed E-state index contributed by atoms with van der Waals surface area (Å²) in [5.41, 5.74) is -0.120. The molecule has 3 heterocycles. The van der Waals surface area contributed by atoms with Crippen LogP contribution >= 0.6 is 0 Å². The van der Waals surface area contributed by atoms with Crippen LogP contribution in [0.1, 0.15) is 11.3 Å². The van der Waals surface area contributed by atoms with Crippen molar-refractivity contribution in [3.05, 3.63) is 47.8 Å². The maximum atomic E-state index is 13.6. The lowest BCUT2D eigenvalue weighted by atomic mass is 10.2. The summed E-state index contributed by atoms with van der Waals surface area (Å²) in [6, 6.07) is 8.57. The van der Waals surface area contributed by atoms with Gasteiger partial charge < -0.3 is 24.4 Å². The van der Waals surface area contributed by atoms with Crippen LogP contribution in [-0.4, -0.2) is 65.6 Å². The van der Waals surface area contributed by atoms with Gasteiger partial charge in [-0.05, 0) is 17.7 Å². The van der Waals surface area contributed by atoms with Gasteiger partial charge in [-0.25, -0.2) is 9.50 Å². The summed E-state index contributed by atoms with van der Waals surface area (Å²) < 4.78 is 52.1. The zero-order valence-electron chi connectivity index (χ0n) is 17.7. The highest BCUT2D eigenvalue weighted by Crippen LogP contribution is 2.34. The normalized spacial score (nSPS) is 14.5. The van der Waals surface area contributed by atoms with E-state index < -0.39 is 24.4 Å². The Labute approximate surface area is 186 Å². The fourth-order valence-electron chi connectivity index (χ4n) is 3.65. The Morgan fingerprint density at radius 2 is 1.94 bits per heavy atom. The minimum atomic E-state index is -4.68. The number of hydrogen-bond acceptors (Lipinski definition) is 7. The van der Waals surface area contributed by atoms with E-state index >= 15 is 0 Å². The van der Waals surface area contributed by atoms with E-state index in [1.807, 2.05) is 0 Å². The molecule has 33 heavy (non-hydrogen) atoms. The number of methoxy groups -OCH3 is 1. The molecule has 1 N–H and O–H groups in total. The first-order valence-electron chi connectivity index (χ1n) is 10.1. The highest BCUT2D eigenvalue weighted by atomic mass is 19.4. The summed E-state index contributed by atoms with van der Waals surface area (Å²) in [4.78, 5) is 18.9. The van der Waals surface area contributed by atoms with Crippen molar-refractivity contribution >= 4 is 23.1 Å². The molecule has 0 radical (unpaired) electrons. The molecule has 1 aliphatic rings. The molecule has 1 aliphatic heterocycles. The van der Waals surface area contributed by atoms with Gasteiger partial charge >= 0.3 is 12.1 Å². The first kappa shape index (κ1) is 22.6. The molecule has 4 rings (SSSR count). The SMILES string of the molecule is COc1ccc(CN(CC(=O)O)c2cc(N3CCOCC3)nn3c(C(F)(F)F)cnc23)cc1. The maximum Gasteiger partial charge on any atom is 0.435 e. The van der Waals surface area contributed by atoms with Crippen LogP contribution in [0.5, 0.6) is 5.75 Å². The number of fused-ring (bicyclic) bond motifs is 1. The number of hydrogen-bond donors (Lipinski definition) is 1. The minimum Gasteiger partial charge on any atom is -0.497 e. The van der Waals surface area contributed by atoms with Gasteiger partial charge in [-0.1, -0.05) is 12.1 Å². The predicted octanol–water partition coefficient (Wildman–Crippen LogP) is 2.68. The summed E-state index contributed by atoms with van der Waals surface area (Å²) in [6.07, 6.45) is -3.97. The van der Waals surface area contributed by atoms with Crippen molar-refractivity contribution in [2.24, 2.45) is 0 Å². The number of alkyl halides is 3. The van der Waals surface area contributed by atoms with Crippen LogP contribution in [0.2, 0.25) is 0 Å². The van der Waals surface area contributed by atoms with Crippen LogP contribution in [0, 0.1) is 0 Å². The van der Waals surface area contributed by atoms with Crippen LogP contribution < -0.4 is 14.5 Å². The van der Waals surface area contributed by atoms with Gasteiger partial charge in [-0.3, -0.25) is 4.79 Å². The molecule has 0 saturated carbocycles. The third-order valence-corrected chi connectivity index (χ3v) is 5.26. The molecule has 0 bridgehead atoms. The van der Waals surface area contributed by atoms with E-state index in [9.17, 15) is 23.1 Å². The number of morpholine rings is 1. The monoisotopic (exact) mass is 465 g/mol. The molecule has 0 spiro atoms. The average molecular weight is 465 g/mol. The van der Waals surface area contributed by atoms with Crippen LogP contribution in [0.15, 0.2) is 36.5 Å². The minimum absolute atomic E-state index is 0.0749. The molecule has 2 aromatic heterocycles. The summed E-state index contributed by atoms with van der Waals surface area (Å²) in [5, 5.41) is 13.7. The van der Waals surface area contributed by atoms with Crippen LogP contribution in [0.25, 0.3) is 5.65 Å². The van der Waals surface area contributed by atoms with E-state index in [0.717, 1.165) is 10.1 Å². The van der Waals surface area contributed by atoms with Crippen molar-refractivity contribution in [1.82, 2.24) is 14.6 Å². The molecule has 176 valence electrons. The van der Waals surface area contributed by atoms with Crippen molar-refractivity contribution in [1.29, 1.82) is 0 Å². The van der Waals surface area contributed by atoms with Crippen LogP contribution in [0.4, 0.5) is 24.7 Å². The van der Waals surface area contributed by atoms with Crippen molar-refractivity contribution < 1.29 is 32.5 Å². The van der Waals surface area contributed by atoms with E-state index in [2.05, 4.69) is 10.1 Å². The van der Waals surface area contributed by atoms with Gasteiger partial charge in [0.2, 0.25) is 0 Å². The summed E-state index contributed by atoms with van der Waals surface area (Å²) in [7, 11) is 1.53. The van der Waals surface area contributed by atoms with Gasteiger partial charge in [0, 0.05) is 25.7 Å². The Bertz CT molecular complexity index is 1130. The standard InChI is InChI=1S/C21H22F3N5O4/c1-32-15-4-2-14(3-5-15)12-28(13-19(30)31)16-10-18(27-6-8-33-9-7-27)26-29-17(21(22,23)24)11-25-20(16)29/h2-5,10-11H,6-9,12-13H2,1H3,(H,30,31). The molecule has 1 aromatic carbocycles. The van der Waals surface area contributed by atoms with Crippen molar-refractivity contribution in [2.75, 3.05) is 49.8 Å². The second-order valence-electron chi connectivity index (χ2n) is 7.46. The quantitative estimate of drug-likeness (QED) is 0.570. The number of halogens is 3. The summed E-state index contributed by atoms with van der Waals surface area (Å²) in [6.45, 7) is 1.41. The van der Waals surface area contributed by atoms with Gasteiger partial charge in [0.1, 0.15) is 12.3 Å². The number of carboxylic acids is 1. The van der Waals surface area contributed by atoms with E-state index in [4.69, 9.17) is 9.47 Å². The lowest BCUT2D eigenvalue weighted by molar-refractivity contribution is -0.142. The smallest absolute Gasteiger partial charge is 0.435 e. The Balaban J connectivity index is 1.83. The summed E-state index contributed by atoms with van der Waals surface area (Å²) in [5.74, 6) is -0.212. The lowest BCUT2D eigenvalue weighted by Gasteiger charge is -2.30. The maximum absolute atomic E-state index is 13.6. The number of ether oxygens (including phenoxy) is 2. The fourth-order valence-corrected chi connectivity index (χ4v) is 3.65. The highest BCUT2D eigenvalue weighted by Gasteiger charge is 2.36. The lowest BCUT2D eigenvalue weighted by Crippen LogP contribution is -2.37. The molecule has 0 atom stereocenters. The molecule has 12 heteroatoms. The Morgan fingerprint density at radius 1 is 1.24 bits per heavy atom. The van der Waals surface area contributed by atoms with Gasteiger partial charge in [0.25, 0.3) is 0 Å². The number of carbonyl (C=O) groups is 1. The Kier molecular flexibility index (Phi) is 6.27. The Hall–Kier alpha value is -3.54. The molecule has 3 aromatic rings. The number of carboxylic acid groups (broad SMARTS) is 1. The van der Waals surface area contributed by atoms with E-state index in [-0.39, 0.29) is 23.7 Å².